The van der Waals surface area contributed by atoms with Crippen molar-refractivity contribution in [3.05, 3.63) is 23.8 Å². The van der Waals surface area contributed by atoms with Crippen LogP contribution >= 0.6 is 0 Å². The van der Waals surface area contributed by atoms with E-state index < -0.39 is 5.97 Å². The van der Waals surface area contributed by atoms with Gasteiger partial charge >= 0.3 is 5.97 Å². The maximum Gasteiger partial charge on any atom is 0.341 e. The molecule has 0 aliphatic heterocycles. The molecule has 13 heavy (non-hydrogen) atoms. The van der Waals surface area contributed by atoms with E-state index in [9.17, 15) is 4.79 Å². The summed E-state index contributed by atoms with van der Waals surface area (Å²) in [5, 5.41) is 0. The Kier molecular flexibility index (Phi) is 2.95. The van der Waals surface area contributed by atoms with Crippen LogP contribution < -0.4 is 10.2 Å². The molecular weight excluding hydrogens is 167 g/mol. The van der Waals surface area contributed by atoms with Crippen LogP contribution in [-0.4, -0.2) is 28.0 Å². The minimum Gasteiger partial charge on any atom is -0.496 e. The predicted molar refractivity (Wildman–Crippen MR) is 49.7 cm³/mol. The Morgan fingerprint density at radius 2 is 2.08 bits per heavy atom. The van der Waals surface area contributed by atoms with E-state index in [-0.39, 0.29) is 0 Å². The third kappa shape index (κ3) is 2.02. The van der Waals surface area contributed by atoms with Crippen LogP contribution in [0.1, 0.15) is 10.4 Å². The van der Waals surface area contributed by atoms with Crippen LogP contribution in [0.25, 0.3) is 0 Å². The van der Waals surface area contributed by atoms with E-state index in [2.05, 4.69) is 4.74 Å². The fourth-order valence-corrected chi connectivity index (χ4v) is 0.986. The number of hydrogen-bond acceptors (Lipinski definition) is 3. The molecule has 0 spiro atoms. The fourth-order valence-electron chi connectivity index (χ4n) is 0.986. The Morgan fingerprint density at radius 3 is 2.62 bits per heavy atom. The van der Waals surface area contributed by atoms with Gasteiger partial charge in [-0.25, -0.2) is 4.79 Å². The zero-order valence-electron chi connectivity index (χ0n) is 7.53. The second-order valence-electron chi connectivity index (χ2n) is 2.45. The molecule has 0 fully saturated rings. The molecule has 0 aliphatic carbocycles. The molecule has 0 amide bonds. The van der Waals surface area contributed by atoms with Crippen LogP contribution in [0.3, 0.4) is 0 Å². The summed E-state index contributed by atoms with van der Waals surface area (Å²) in [7, 11) is 8.30. The van der Waals surface area contributed by atoms with E-state index >= 15 is 0 Å². The molecule has 4 heteroatoms. The second-order valence-corrected chi connectivity index (χ2v) is 2.45. The van der Waals surface area contributed by atoms with E-state index in [0.29, 0.717) is 16.8 Å². The Balaban J connectivity index is 3.13. The van der Waals surface area contributed by atoms with Crippen molar-refractivity contribution in [2.24, 2.45) is 0 Å². The number of carbonyl (C=O) groups is 1. The molecule has 66 valence electrons. The number of carbonyl (C=O) groups excluding carboxylic acids is 1. The third-order valence-electron chi connectivity index (χ3n) is 1.63. The second kappa shape index (κ2) is 3.98. The molecule has 1 aromatic carbocycles. The topological polar surface area (TPSA) is 35.5 Å². The molecule has 0 saturated carbocycles. The third-order valence-corrected chi connectivity index (χ3v) is 1.63. The van der Waals surface area contributed by atoms with Crippen molar-refractivity contribution in [2.45, 2.75) is 0 Å². The molecule has 0 N–H and O–H groups in total. The standard InChI is InChI=1S/C9H9BO3/c1-12-8-5-6(10)3-4-7(8)9(11)13-2/h3-5H,1-2H3. The molecule has 0 atom stereocenters. The van der Waals surface area contributed by atoms with Crippen LogP contribution in [0.4, 0.5) is 0 Å². The number of hydrogen-bond donors (Lipinski definition) is 0. The summed E-state index contributed by atoms with van der Waals surface area (Å²) in [5.41, 5.74) is 0.920. The van der Waals surface area contributed by atoms with Crippen molar-refractivity contribution >= 4 is 19.3 Å². The number of ether oxygens (including phenoxy) is 2. The Bertz CT molecular complexity index is 323. The lowest BCUT2D eigenvalue weighted by Crippen LogP contribution is -2.09. The molecule has 0 aliphatic rings. The van der Waals surface area contributed by atoms with Gasteiger partial charge in [-0.15, -0.1) is 0 Å². The molecular formula is C9H9BO3. The Morgan fingerprint density at radius 1 is 1.38 bits per heavy atom. The molecule has 0 bridgehead atoms. The number of esters is 1. The SMILES string of the molecule is [B]c1ccc(C(=O)OC)c(OC)c1. The summed E-state index contributed by atoms with van der Waals surface area (Å²) in [6.45, 7) is 0. The molecule has 3 nitrogen and oxygen atoms in total. The fraction of sp³-hybridized carbons (Fsp3) is 0.222. The number of methoxy groups -OCH3 is 2. The average Bonchev–Trinajstić information content (AvgIpc) is 2.16. The van der Waals surface area contributed by atoms with Crippen molar-refractivity contribution in [1.82, 2.24) is 0 Å². The van der Waals surface area contributed by atoms with Gasteiger partial charge in [-0.05, 0) is 12.1 Å². The van der Waals surface area contributed by atoms with Crippen LogP contribution in [0.15, 0.2) is 18.2 Å². The highest BCUT2D eigenvalue weighted by molar-refractivity contribution is 6.32. The van der Waals surface area contributed by atoms with Gasteiger partial charge in [0.25, 0.3) is 0 Å². The van der Waals surface area contributed by atoms with Gasteiger partial charge in [0.1, 0.15) is 19.2 Å². The lowest BCUT2D eigenvalue weighted by molar-refractivity contribution is 0.0597. The molecule has 0 saturated heterocycles. The Hall–Kier alpha value is -1.45. The van der Waals surface area contributed by atoms with Crippen LogP contribution in [-0.2, 0) is 4.74 Å². The minimum absolute atomic E-state index is 0.374. The Labute approximate surface area is 78.1 Å². The molecule has 0 unspecified atom stereocenters. The van der Waals surface area contributed by atoms with E-state index in [0.717, 1.165) is 0 Å². The summed E-state index contributed by atoms with van der Waals surface area (Å²) in [4.78, 5) is 11.2. The lowest BCUT2D eigenvalue weighted by atomic mass is 9.94. The highest BCUT2D eigenvalue weighted by Gasteiger charge is 2.11. The van der Waals surface area contributed by atoms with E-state index in [1.54, 1.807) is 18.2 Å². The van der Waals surface area contributed by atoms with Crippen molar-refractivity contribution in [1.29, 1.82) is 0 Å². The van der Waals surface area contributed by atoms with Crippen molar-refractivity contribution in [3.8, 4) is 5.75 Å². The zero-order chi connectivity index (χ0) is 9.84. The monoisotopic (exact) mass is 176 g/mol. The first-order valence-corrected chi connectivity index (χ1v) is 3.71. The van der Waals surface area contributed by atoms with E-state index in [1.165, 1.54) is 14.2 Å². The predicted octanol–water partition coefficient (Wildman–Crippen LogP) is 0.276. The molecule has 1 rings (SSSR count). The molecule has 1 aromatic rings. The number of benzene rings is 1. The smallest absolute Gasteiger partial charge is 0.341 e. The summed E-state index contributed by atoms with van der Waals surface area (Å²) in [6.07, 6.45) is 0. The van der Waals surface area contributed by atoms with Gasteiger partial charge in [-0.3, -0.25) is 0 Å². The molecule has 0 aromatic heterocycles. The van der Waals surface area contributed by atoms with Gasteiger partial charge < -0.3 is 9.47 Å². The van der Waals surface area contributed by atoms with Gasteiger partial charge in [0.2, 0.25) is 0 Å². The summed E-state index contributed by atoms with van der Waals surface area (Å²) >= 11 is 0. The summed E-state index contributed by atoms with van der Waals surface area (Å²) in [5.74, 6) is -0.0105. The highest BCUT2D eigenvalue weighted by atomic mass is 16.5. The van der Waals surface area contributed by atoms with Gasteiger partial charge in [0, 0.05) is 0 Å². The van der Waals surface area contributed by atoms with Gasteiger partial charge in [-0.1, -0.05) is 11.5 Å². The van der Waals surface area contributed by atoms with E-state index in [1.807, 2.05) is 0 Å². The molecule has 2 radical (unpaired) electrons. The van der Waals surface area contributed by atoms with Crippen LogP contribution in [0, 0.1) is 0 Å². The number of rotatable bonds is 2. The first kappa shape index (κ1) is 9.64. The van der Waals surface area contributed by atoms with Gasteiger partial charge in [-0.2, -0.15) is 0 Å². The summed E-state index contributed by atoms with van der Waals surface area (Å²) in [6, 6.07) is 4.76. The first-order valence-electron chi connectivity index (χ1n) is 3.71. The zero-order valence-corrected chi connectivity index (χ0v) is 7.53. The summed E-state index contributed by atoms with van der Waals surface area (Å²) < 4.78 is 9.53. The maximum atomic E-state index is 11.2. The largest absolute Gasteiger partial charge is 0.496 e. The average molecular weight is 176 g/mol. The highest BCUT2D eigenvalue weighted by Crippen LogP contribution is 2.16. The van der Waals surface area contributed by atoms with E-state index in [4.69, 9.17) is 12.6 Å². The van der Waals surface area contributed by atoms with Crippen molar-refractivity contribution < 1.29 is 14.3 Å². The minimum atomic E-state index is -0.433. The van der Waals surface area contributed by atoms with Crippen molar-refractivity contribution in [2.75, 3.05) is 14.2 Å². The lowest BCUT2D eigenvalue weighted by Gasteiger charge is -2.06. The normalized spacial score (nSPS) is 9.38. The quantitative estimate of drug-likeness (QED) is 0.479. The van der Waals surface area contributed by atoms with Gasteiger partial charge in [0.05, 0.1) is 14.2 Å². The van der Waals surface area contributed by atoms with Crippen molar-refractivity contribution in [3.63, 3.8) is 0 Å². The first-order chi connectivity index (χ1) is 6.19. The van der Waals surface area contributed by atoms with Crippen LogP contribution in [0.2, 0.25) is 0 Å². The molecule has 0 heterocycles. The van der Waals surface area contributed by atoms with Gasteiger partial charge in [0.15, 0.2) is 0 Å². The maximum absolute atomic E-state index is 11.2. The van der Waals surface area contributed by atoms with Crippen LogP contribution in [0.5, 0.6) is 5.75 Å².